The highest BCUT2D eigenvalue weighted by molar-refractivity contribution is 5.21. The van der Waals surface area contributed by atoms with Crippen molar-refractivity contribution >= 4 is 0 Å². The van der Waals surface area contributed by atoms with Gasteiger partial charge in [0.05, 0.1) is 6.42 Å². The molecule has 0 aromatic heterocycles. The maximum absolute atomic E-state index is 9.19. The van der Waals surface area contributed by atoms with Crippen LogP contribution in [0.5, 0.6) is 0 Å². The quantitative estimate of drug-likeness (QED) is 0.462. The first kappa shape index (κ1) is 8.30. The van der Waals surface area contributed by atoms with Crippen molar-refractivity contribution in [2.75, 3.05) is 7.11 Å². The number of hydrogen-bond donors (Lipinski definition) is 1. The van der Waals surface area contributed by atoms with Crippen LogP contribution >= 0.6 is 0 Å². The van der Waals surface area contributed by atoms with Crippen molar-refractivity contribution in [3.8, 4) is 0 Å². The van der Waals surface area contributed by atoms with E-state index in [9.17, 15) is 5.11 Å². The van der Waals surface area contributed by atoms with Crippen LogP contribution in [0.4, 0.5) is 0 Å². The number of allylic oxidation sites excluding steroid dienone is 3. The molecule has 0 heterocycles. The summed E-state index contributed by atoms with van der Waals surface area (Å²) in [5.41, 5.74) is 0.850. The molecule has 0 radical (unpaired) electrons. The second-order valence-electron chi connectivity index (χ2n) is 2.52. The molecule has 3 N–H and O–H groups in total. The van der Waals surface area contributed by atoms with Crippen LogP contribution in [-0.2, 0) is 4.74 Å². The molecule has 0 aromatic carbocycles. The van der Waals surface area contributed by atoms with Gasteiger partial charge in [-0.2, -0.15) is 0 Å². The molecule has 0 aliphatic heterocycles. The largest absolute Gasteiger partial charge is 0.596 e. The van der Waals surface area contributed by atoms with Gasteiger partial charge in [-0.05, 0) is 18.1 Å². The lowest BCUT2D eigenvalue weighted by Gasteiger charge is -2.13. The Morgan fingerprint density at radius 3 is 2.73 bits per heavy atom. The van der Waals surface area contributed by atoms with E-state index in [0.29, 0.717) is 12.2 Å². The highest BCUT2D eigenvalue weighted by Crippen LogP contribution is 2.19. The topological polar surface area (TPSA) is 52.4 Å². The average molecular weight is 157 g/mol. The van der Waals surface area contributed by atoms with Crippen molar-refractivity contribution < 1.29 is 14.9 Å². The van der Waals surface area contributed by atoms with Gasteiger partial charge in [-0.25, -0.2) is 0 Å². The third kappa shape index (κ3) is 2.06. The smallest absolute Gasteiger partial charge is 0.229 e. The SMILES string of the molecule is COC(O)C1=CC=C([OH2+])CC1. The van der Waals surface area contributed by atoms with E-state index < -0.39 is 6.29 Å². The van der Waals surface area contributed by atoms with Gasteiger partial charge in [-0.1, -0.05) is 0 Å². The lowest BCUT2D eigenvalue weighted by molar-refractivity contribution is -0.0470. The van der Waals surface area contributed by atoms with Gasteiger partial charge in [0.2, 0.25) is 5.76 Å². The Labute approximate surface area is 65.6 Å². The standard InChI is InChI=1S/C8H12O3/c1-11-8(10)6-2-4-7(9)5-3-6/h2,4,8-10H,3,5H2,1H3/p+1. The normalized spacial score (nSPS) is 20.5. The summed E-state index contributed by atoms with van der Waals surface area (Å²) >= 11 is 0. The fourth-order valence-corrected chi connectivity index (χ4v) is 1.01. The van der Waals surface area contributed by atoms with Crippen LogP contribution in [0, 0.1) is 0 Å². The molecule has 11 heavy (non-hydrogen) atoms. The van der Waals surface area contributed by atoms with Crippen molar-refractivity contribution in [3.05, 3.63) is 23.5 Å². The van der Waals surface area contributed by atoms with Gasteiger partial charge in [-0.3, -0.25) is 0 Å². The summed E-state index contributed by atoms with van der Waals surface area (Å²) in [6.45, 7) is 0. The molecular formula is C8H13O3+. The number of aliphatic hydroxyl groups is 1. The van der Waals surface area contributed by atoms with Gasteiger partial charge < -0.3 is 14.9 Å². The first-order valence-electron chi connectivity index (χ1n) is 3.56. The lowest BCUT2D eigenvalue weighted by atomic mass is 10.0. The minimum atomic E-state index is -0.792. The Morgan fingerprint density at radius 1 is 1.55 bits per heavy atom. The number of rotatable bonds is 2. The Bertz CT molecular complexity index is 194. The molecule has 0 saturated carbocycles. The fraction of sp³-hybridized carbons (Fsp3) is 0.500. The van der Waals surface area contributed by atoms with E-state index in [1.165, 1.54) is 7.11 Å². The van der Waals surface area contributed by atoms with E-state index in [1.807, 2.05) is 0 Å². The van der Waals surface area contributed by atoms with Crippen LogP contribution in [0.1, 0.15) is 12.8 Å². The van der Waals surface area contributed by atoms with Crippen molar-refractivity contribution in [3.63, 3.8) is 0 Å². The zero-order valence-electron chi connectivity index (χ0n) is 6.50. The zero-order chi connectivity index (χ0) is 8.27. The molecule has 0 amide bonds. The number of ether oxygens (including phenoxy) is 1. The molecule has 1 atom stereocenters. The summed E-state index contributed by atoms with van der Waals surface area (Å²) in [5, 5.41) is 16.4. The minimum Gasteiger partial charge on any atom is -0.596 e. The Morgan fingerprint density at radius 2 is 2.27 bits per heavy atom. The maximum Gasteiger partial charge on any atom is 0.229 e. The summed E-state index contributed by atoms with van der Waals surface area (Å²) in [5.74, 6) is 0.608. The van der Waals surface area contributed by atoms with Gasteiger partial charge >= 0.3 is 0 Å². The van der Waals surface area contributed by atoms with Gasteiger partial charge in [0.1, 0.15) is 0 Å². The molecule has 0 aromatic rings. The minimum absolute atomic E-state index is 0.608. The van der Waals surface area contributed by atoms with Crippen LogP contribution in [-0.4, -0.2) is 23.6 Å². The van der Waals surface area contributed by atoms with Gasteiger partial charge in [0.15, 0.2) is 6.29 Å². The molecule has 62 valence electrons. The molecule has 0 bridgehead atoms. The summed E-state index contributed by atoms with van der Waals surface area (Å²) in [7, 11) is 1.46. The monoisotopic (exact) mass is 157 g/mol. The van der Waals surface area contributed by atoms with Crippen molar-refractivity contribution in [2.24, 2.45) is 0 Å². The number of methoxy groups -OCH3 is 1. The van der Waals surface area contributed by atoms with Crippen molar-refractivity contribution in [2.45, 2.75) is 19.1 Å². The Kier molecular flexibility index (Phi) is 2.68. The molecule has 1 rings (SSSR count). The van der Waals surface area contributed by atoms with Gasteiger partial charge in [-0.15, -0.1) is 0 Å². The van der Waals surface area contributed by atoms with E-state index in [-0.39, 0.29) is 0 Å². The predicted molar refractivity (Wildman–Crippen MR) is 42.0 cm³/mol. The zero-order valence-corrected chi connectivity index (χ0v) is 6.50. The number of aliphatic hydroxyl groups excluding tert-OH is 1. The molecule has 0 saturated heterocycles. The van der Waals surface area contributed by atoms with E-state index in [0.717, 1.165) is 12.0 Å². The second kappa shape index (κ2) is 3.55. The Balaban J connectivity index is 2.60. The summed E-state index contributed by atoms with van der Waals surface area (Å²) in [6, 6.07) is 0. The molecule has 1 unspecified atom stereocenters. The van der Waals surface area contributed by atoms with E-state index in [4.69, 9.17) is 9.84 Å². The number of hydrogen-bond acceptors (Lipinski definition) is 2. The first-order chi connectivity index (χ1) is 5.24. The molecule has 1 aliphatic rings. The van der Waals surface area contributed by atoms with E-state index in [1.54, 1.807) is 12.2 Å². The second-order valence-corrected chi connectivity index (χ2v) is 2.52. The van der Waals surface area contributed by atoms with Crippen LogP contribution in [0.15, 0.2) is 23.5 Å². The third-order valence-corrected chi connectivity index (χ3v) is 1.72. The predicted octanol–water partition coefficient (Wildman–Crippen LogP) is 0.280. The molecule has 1 aliphatic carbocycles. The highest BCUT2D eigenvalue weighted by atomic mass is 16.6. The molecule has 3 heteroatoms. The van der Waals surface area contributed by atoms with Crippen LogP contribution in [0.25, 0.3) is 0 Å². The third-order valence-electron chi connectivity index (χ3n) is 1.72. The summed E-state index contributed by atoms with van der Waals surface area (Å²) < 4.78 is 4.72. The van der Waals surface area contributed by atoms with Crippen LogP contribution in [0.3, 0.4) is 0 Å². The van der Waals surface area contributed by atoms with Crippen LogP contribution in [0.2, 0.25) is 0 Å². The first-order valence-corrected chi connectivity index (χ1v) is 3.56. The van der Waals surface area contributed by atoms with Gasteiger partial charge in [0.25, 0.3) is 0 Å². The summed E-state index contributed by atoms with van der Waals surface area (Å²) in [6.07, 6.45) is 4.08. The molecule has 3 nitrogen and oxygen atoms in total. The Hall–Kier alpha value is -0.800. The molecular weight excluding hydrogens is 144 g/mol. The van der Waals surface area contributed by atoms with Gasteiger partial charge in [0, 0.05) is 13.2 Å². The van der Waals surface area contributed by atoms with Crippen molar-refractivity contribution in [1.29, 1.82) is 0 Å². The van der Waals surface area contributed by atoms with Crippen molar-refractivity contribution in [1.82, 2.24) is 0 Å². The fourth-order valence-electron chi connectivity index (χ4n) is 1.01. The lowest BCUT2D eigenvalue weighted by Crippen LogP contribution is -2.13. The van der Waals surface area contributed by atoms with Crippen LogP contribution < -0.4 is 0 Å². The van der Waals surface area contributed by atoms with E-state index >= 15 is 0 Å². The summed E-state index contributed by atoms with van der Waals surface area (Å²) in [4.78, 5) is 0. The molecule has 0 fully saturated rings. The van der Waals surface area contributed by atoms with E-state index in [2.05, 4.69) is 0 Å². The average Bonchev–Trinajstić information content (AvgIpc) is 2.05. The maximum atomic E-state index is 9.19. The highest BCUT2D eigenvalue weighted by Gasteiger charge is 2.14. The molecule has 0 spiro atoms.